The van der Waals surface area contributed by atoms with Crippen molar-refractivity contribution >= 4 is 23.5 Å². The van der Waals surface area contributed by atoms with Crippen molar-refractivity contribution in [3.63, 3.8) is 0 Å². The number of rotatable bonds is 15. The van der Waals surface area contributed by atoms with Crippen LogP contribution < -0.4 is 20.7 Å². The van der Waals surface area contributed by atoms with Gasteiger partial charge in [-0.1, -0.05) is 23.8 Å². The van der Waals surface area contributed by atoms with Crippen molar-refractivity contribution in [3.05, 3.63) is 41.5 Å². The van der Waals surface area contributed by atoms with Crippen LogP contribution in [0.3, 0.4) is 0 Å². The van der Waals surface area contributed by atoms with Gasteiger partial charge in [0.2, 0.25) is 17.7 Å². The summed E-state index contributed by atoms with van der Waals surface area (Å²) < 4.78 is 15.7. The molecular formula is C30H42N4O9. The number of nitrogens with one attached hydrogen (secondary N) is 3. The minimum atomic E-state index is -1.55. The van der Waals surface area contributed by atoms with Gasteiger partial charge in [0, 0.05) is 13.1 Å². The zero-order valence-corrected chi connectivity index (χ0v) is 24.5. The molecule has 2 heterocycles. The van der Waals surface area contributed by atoms with Gasteiger partial charge in [0.1, 0.15) is 30.0 Å². The molecule has 3 amide bonds. The maximum absolute atomic E-state index is 13.7. The summed E-state index contributed by atoms with van der Waals surface area (Å²) in [6, 6.07) is 2.47. The molecule has 5 atom stereocenters. The van der Waals surface area contributed by atoms with Crippen LogP contribution in [0, 0.1) is 0 Å². The highest BCUT2D eigenvalue weighted by atomic mass is 16.6. The molecule has 1 aliphatic carbocycles. The molecule has 5 N–H and O–H groups in total. The van der Waals surface area contributed by atoms with E-state index < -0.39 is 54.7 Å². The minimum absolute atomic E-state index is 0.00834. The molecule has 4 rings (SSSR count). The maximum Gasteiger partial charge on any atom is 0.246 e. The van der Waals surface area contributed by atoms with E-state index in [1.54, 1.807) is 24.3 Å². The number of allylic oxidation sites excluding steroid dienone is 1. The lowest BCUT2D eigenvalue weighted by Gasteiger charge is -2.29. The number of benzene rings is 1. The highest BCUT2D eigenvalue weighted by Crippen LogP contribution is 2.25. The lowest BCUT2D eigenvalue weighted by Crippen LogP contribution is -2.59. The van der Waals surface area contributed by atoms with E-state index in [0.717, 1.165) is 31.3 Å². The van der Waals surface area contributed by atoms with Crippen LogP contribution in [-0.4, -0.2) is 116 Å². The monoisotopic (exact) mass is 602 g/mol. The molecular weight excluding hydrogens is 560 g/mol. The molecule has 0 aromatic heterocycles. The van der Waals surface area contributed by atoms with Gasteiger partial charge in [0.25, 0.3) is 0 Å². The first-order chi connectivity index (χ1) is 20.8. The average Bonchev–Trinajstić information content (AvgIpc) is 3.88. The van der Waals surface area contributed by atoms with Crippen molar-refractivity contribution in [2.45, 2.75) is 62.4 Å². The predicted molar refractivity (Wildman–Crippen MR) is 154 cm³/mol. The second-order valence-electron chi connectivity index (χ2n) is 11.0. The summed E-state index contributed by atoms with van der Waals surface area (Å²) in [5, 5.41) is 29.0. The van der Waals surface area contributed by atoms with Crippen LogP contribution in [0.15, 0.2) is 35.9 Å². The number of hydrogen-bond acceptors (Lipinski definition) is 10. The Labute approximate surface area is 250 Å². The van der Waals surface area contributed by atoms with E-state index in [0.29, 0.717) is 44.0 Å². The van der Waals surface area contributed by atoms with Crippen molar-refractivity contribution in [3.8, 4) is 5.75 Å². The van der Waals surface area contributed by atoms with Crippen molar-refractivity contribution in [1.82, 2.24) is 20.9 Å². The van der Waals surface area contributed by atoms with Gasteiger partial charge in [0.15, 0.2) is 5.78 Å². The maximum atomic E-state index is 13.7. The summed E-state index contributed by atoms with van der Waals surface area (Å²) in [6.07, 6.45) is 4.05. The van der Waals surface area contributed by atoms with Crippen LogP contribution >= 0.6 is 0 Å². The van der Waals surface area contributed by atoms with Gasteiger partial charge in [0.05, 0.1) is 46.1 Å². The van der Waals surface area contributed by atoms with E-state index >= 15 is 0 Å². The second-order valence-corrected chi connectivity index (χ2v) is 11.0. The zero-order valence-electron chi connectivity index (χ0n) is 24.5. The first-order valence-electron chi connectivity index (χ1n) is 14.8. The van der Waals surface area contributed by atoms with Gasteiger partial charge in [-0.15, -0.1) is 0 Å². The van der Waals surface area contributed by atoms with Crippen LogP contribution in [0.5, 0.6) is 5.75 Å². The first kappa shape index (κ1) is 32.6. The Morgan fingerprint density at radius 1 is 1.02 bits per heavy atom. The number of aliphatic hydroxyl groups is 2. The Hall–Kier alpha value is -3.36. The standard InChI is InChI=1S/C30H42N4O9/c1-41-21-9-7-20(8-10-21)27(37)26(33-29(39)23(17-35)31-25(36)16-34-11-13-42-14-12-34)30(40)32-22(28(38)24-18-43-24)15-19-5-3-2-4-6-19/h5,7-10,22-24,26-27,35,37H,2-4,6,11-18H2,1H3,(H,31,36)(H,32,40)(H,33,39)/t22-,23-,24+,26-,27+/m0/s1. The van der Waals surface area contributed by atoms with Gasteiger partial charge < -0.3 is 40.4 Å². The lowest BCUT2D eigenvalue weighted by molar-refractivity contribution is -0.136. The van der Waals surface area contributed by atoms with E-state index in [1.807, 2.05) is 4.90 Å². The van der Waals surface area contributed by atoms with Crippen molar-refractivity contribution in [2.24, 2.45) is 0 Å². The van der Waals surface area contributed by atoms with Crippen molar-refractivity contribution < 1.29 is 43.6 Å². The molecule has 13 heteroatoms. The van der Waals surface area contributed by atoms with Crippen LogP contribution in [0.25, 0.3) is 0 Å². The number of epoxide rings is 1. The van der Waals surface area contributed by atoms with Crippen LogP contribution in [-0.2, 0) is 28.7 Å². The summed E-state index contributed by atoms with van der Waals surface area (Å²) in [7, 11) is 1.49. The Bertz CT molecular complexity index is 1150. The number of carbonyl (C=O) groups is 4. The van der Waals surface area contributed by atoms with Gasteiger partial charge in [-0.3, -0.25) is 24.1 Å². The normalized spacial score (nSPS) is 21.4. The molecule has 0 radical (unpaired) electrons. The topological polar surface area (TPSA) is 179 Å². The number of carbonyl (C=O) groups excluding carboxylic acids is 4. The number of methoxy groups -OCH3 is 1. The number of nitrogens with zero attached hydrogens (tertiary/aromatic N) is 1. The number of Topliss-reactive ketones (excluding diaryl/α,β-unsaturated/α-hetero) is 1. The molecule has 2 fully saturated rings. The molecule has 2 saturated heterocycles. The highest BCUT2D eigenvalue weighted by molar-refractivity contribution is 5.97. The largest absolute Gasteiger partial charge is 0.497 e. The molecule has 1 aromatic carbocycles. The zero-order chi connectivity index (χ0) is 30.8. The molecule has 3 aliphatic rings. The number of morpholine rings is 1. The lowest BCUT2D eigenvalue weighted by atomic mass is 9.91. The van der Waals surface area contributed by atoms with Crippen LogP contribution in [0.2, 0.25) is 0 Å². The third kappa shape index (κ3) is 9.57. The van der Waals surface area contributed by atoms with Crippen LogP contribution in [0.4, 0.5) is 0 Å². The molecule has 0 unspecified atom stereocenters. The molecule has 236 valence electrons. The van der Waals surface area contributed by atoms with E-state index in [4.69, 9.17) is 14.2 Å². The molecule has 43 heavy (non-hydrogen) atoms. The molecule has 0 spiro atoms. The Morgan fingerprint density at radius 3 is 2.35 bits per heavy atom. The summed E-state index contributed by atoms with van der Waals surface area (Å²) in [5.74, 6) is -1.88. The Balaban J connectivity index is 1.50. The van der Waals surface area contributed by atoms with E-state index in [9.17, 15) is 29.4 Å². The fraction of sp³-hybridized carbons (Fsp3) is 0.600. The van der Waals surface area contributed by atoms with E-state index in [-0.39, 0.29) is 18.9 Å². The van der Waals surface area contributed by atoms with Gasteiger partial charge in [-0.2, -0.15) is 0 Å². The number of amides is 3. The smallest absolute Gasteiger partial charge is 0.246 e. The summed E-state index contributed by atoms with van der Waals surface area (Å²) >= 11 is 0. The van der Waals surface area contributed by atoms with Crippen molar-refractivity contribution in [1.29, 1.82) is 0 Å². The van der Waals surface area contributed by atoms with Crippen LogP contribution in [0.1, 0.15) is 43.8 Å². The first-order valence-corrected chi connectivity index (χ1v) is 14.8. The quantitative estimate of drug-likeness (QED) is 0.128. The number of hydrogen-bond donors (Lipinski definition) is 5. The van der Waals surface area contributed by atoms with Gasteiger partial charge >= 0.3 is 0 Å². The van der Waals surface area contributed by atoms with E-state index in [1.165, 1.54) is 7.11 Å². The van der Waals surface area contributed by atoms with Gasteiger partial charge in [-0.25, -0.2) is 0 Å². The second kappa shape index (κ2) is 15.9. The SMILES string of the molecule is COc1ccc([C@@H](O)[C@H](NC(=O)[C@H](CO)NC(=O)CN2CCOCC2)C(=O)N[C@@H](CC2=CCCCC2)C(=O)[C@H]2CO2)cc1. The minimum Gasteiger partial charge on any atom is -0.497 e. The summed E-state index contributed by atoms with van der Waals surface area (Å²) in [5.41, 5.74) is 1.37. The predicted octanol–water partition coefficient (Wildman–Crippen LogP) is -0.634. The Kier molecular flexibility index (Phi) is 12.1. The molecule has 2 aliphatic heterocycles. The molecule has 0 bridgehead atoms. The molecule has 0 saturated carbocycles. The number of ether oxygens (including phenoxy) is 3. The number of aliphatic hydroxyl groups excluding tert-OH is 2. The fourth-order valence-corrected chi connectivity index (χ4v) is 5.20. The third-order valence-electron chi connectivity index (χ3n) is 7.82. The fourth-order valence-electron chi connectivity index (χ4n) is 5.20. The van der Waals surface area contributed by atoms with Crippen molar-refractivity contribution in [2.75, 3.05) is 53.2 Å². The summed E-state index contributed by atoms with van der Waals surface area (Å²) in [6.45, 7) is 1.65. The third-order valence-corrected chi connectivity index (χ3v) is 7.82. The Morgan fingerprint density at radius 2 is 1.74 bits per heavy atom. The van der Waals surface area contributed by atoms with Gasteiger partial charge in [-0.05, 0) is 49.8 Å². The average molecular weight is 603 g/mol. The number of ketones is 1. The molecule has 13 nitrogen and oxygen atoms in total. The highest BCUT2D eigenvalue weighted by Gasteiger charge is 2.40. The summed E-state index contributed by atoms with van der Waals surface area (Å²) in [4.78, 5) is 54.6. The van der Waals surface area contributed by atoms with E-state index in [2.05, 4.69) is 22.0 Å². The molecule has 1 aromatic rings.